The number of ether oxygens (including phenoxy) is 1. The van der Waals surface area contributed by atoms with Crippen molar-refractivity contribution in [3.63, 3.8) is 0 Å². The minimum Gasteiger partial charge on any atom is -0.495 e. The number of halogens is 2. The number of carboxylic acids is 1. The van der Waals surface area contributed by atoms with Gasteiger partial charge >= 0.3 is 16.2 Å². The lowest BCUT2D eigenvalue weighted by Crippen LogP contribution is -2.34. The summed E-state index contributed by atoms with van der Waals surface area (Å²) in [5, 5.41) is 8.59. The minimum absolute atomic E-state index is 0.129. The molecule has 118 valence electrons. The third-order valence-electron chi connectivity index (χ3n) is 2.53. The molecule has 0 aliphatic carbocycles. The number of aliphatic carboxylic acids is 1. The van der Waals surface area contributed by atoms with Crippen molar-refractivity contribution in [3.8, 4) is 5.75 Å². The van der Waals surface area contributed by atoms with E-state index in [2.05, 4.69) is 36.6 Å². The lowest BCUT2D eigenvalue weighted by molar-refractivity contribution is -0.137. The average molecular weight is 446 g/mol. The van der Waals surface area contributed by atoms with Gasteiger partial charge < -0.3 is 9.84 Å². The number of benzene rings is 1. The van der Waals surface area contributed by atoms with Crippen molar-refractivity contribution in [2.24, 2.45) is 0 Å². The summed E-state index contributed by atoms with van der Waals surface area (Å²) in [5.41, 5.74) is 0.289. The molecule has 0 bridgehead atoms. The minimum atomic E-state index is -3.85. The van der Waals surface area contributed by atoms with Crippen LogP contribution in [0.3, 0.4) is 0 Å². The van der Waals surface area contributed by atoms with Crippen LogP contribution in [0, 0.1) is 0 Å². The van der Waals surface area contributed by atoms with Crippen molar-refractivity contribution in [1.29, 1.82) is 0 Å². The third kappa shape index (κ3) is 5.13. The maximum absolute atomic E-state index is 12.1. The maximum Gasteiger partial charge on any atom is 0.304 e. The number of nitrogens with one attached hydrogen (secondary N) is 1. The van der Waals surface area contributed by atoms with Crippen molar-refractivity contribution in [2.75, 3.05) is 25.4 Å². The van der Waals surface area contributed by atoms with Gasteiger partial charge in [-0.2, -0.15) is 12.7 Å². The molecule has 0 amide bonds. The fourth-order valence-corrected chi connectivity index (χ4v) is 3.67. The summed E-state index contributed by atoms with van der Waals surface area (Å²) in [4.78, 5) is 10.5. The van der Waals surface area contributed by atoms with Crippen LogP contribution < -0.4 is 9.46 Å². The molecule has 1 aromatic carbocycles. The van der Waals surface area contributed by atoms with E-state index in [9.17, 15) is 13.2 Å². The molecule has 0 aromatic heterocycles. The van der Waals surface area contributed by atoms with Gasteiger partial charge in [-0.25, -0.2) is 0 Å². The van der Waals surface area contributed by atoms with E-state index in [1.54, 1.807) is 6.07 Å². The Labute approximate surface area is 139 Å². The Kier molecular flexibility index (Phi) is 6.44. The number of carbonyl (C=O) groups is 1. The topological polar surface area (TPSA) is 95.9 Å². The average Bonchev–Trinajstić information content (AvgIpc) is 2.38. The van der Waals surface area contributed by atoms with Crippen LogP contribution in [0.15, 0.2) is 21.1 Å². The van der Waals surface area contributed by atoms with Gasteiger partial charge in [-0.15, -0.1) is 0 Å². The Morgan fingerprint density at radius 2 is 2.00 bits per heavy atom. The molecule has 0 saturated heterocycles. The molecule has 7 nitrogen and oxygen atoms in total. The molecule has 0 unspecified atom stereocenters. The highest BCUT2D eigenvalue weighted by Gasteiger charge is 2.20. The van der Waals surface area contributed by atoms with Crippen LogP contribution in [-0.4, -0.2) is 44.5 Å². The zero-order valence-corrected chi connectivity index (χ0v) is 15.2. The second-order valence-electron chi connectivity index (χ2n) is 4.04. The van der Waals surface area contributed by atoms with E-state index >= 15 is 0 Å². The molecule has 10 heteroatoms. The predicted octanol–water partition coefficient (Wildman–Crippen LogP) is 2.28. The van der Waals surface area contributed by atoms with Crippen molar-refractivity contribution in [2.45, 2.75) is 6.42 Å². The van der Waals surface area contributed by atoms with Gasteiger partial charge in [-0.3, -0.25) is 9.52 Å². The Morgan fingerprint density at radius 3 is 2.52 bits per heavy atom. The summed E-state index contributed by atoms with van der Waals surface area (Å²) < 4.78 is 33.8. The van der Waals surface area contributed by atoms with Crippen LogP contribution in [0.5, 0.6) is 5.75 Å². The number of hydrogen-bond acceptors (Lipinski definition) is 4. The molecule has 0 atom stereocenters. The molecule has 1 rings (SSSR count). The smallest absolute Gasteiger partial charge is 0.304 e. The fraction of sp³-hybridized carbons (Fsp3) is 0.364. The maximum atomic E-state index is 12.1. The second-order valence-corrected chi connectivity index (χ2v) is 7.53. The first-order valence-corrected chi connectivity index (χ1v) is 8.69. The van der Waals surface area contributed by atoms with Gasteiger partial charge in [0.05, 0.1) is 23.7 Å². The number of carboxylic acid groups (broad SMARTS) is 1. The molecule has 0 fully saturated rings. The highest BCUT2D eigenvalue weighted by Crippen LogP contribution is 2.35. The van der Waals surface area contributed by atoms with Crippen LogP contribution in [0.1, 0.15) is 6.42 Å². The first-order valence-electron chi connectivity index (χ1n) is 5.66. The third-order valence-corrected chi connectivity index (χ3v) is 5.29. The number of anilines is 1. The van der Waals surface area contributed by atoms with Gasteiger partial charge in [0.2, 0.25) is 0 Å². The molecule has 0 radical (unpaired) electrons. The summed E-state index contributed by atoms with van der Waals surface area (Å²) in [6.07, 6.45) is -0.276. The Hall–Kier alpha value is -0.840. The van der Waals surface area contributed by atoms with E-state index in [4.69, 9.17) is 9.84 Å². The van der Waals surface area contributed by atoms with E-state index in [1.165, 1.54) is 20.2 Å². The molecule has 0 heterocycles. The molecular weight excluding hydrogens is 432 g/mol. The monoisotopic (exact) mass is 444 g/mol. The Morgan fingerprint density at radius 1 is 1.38 bits per heavy atom. The standard InChI is InChI=1S/C11H14Br2N2O5S/c1-15(4-3-11(16)17)21(18,19)14-9-6-10(20-2)8(13)5-7(9)12/h5-6,14H,3-4H2,1-2H3,(H,16,17). The number of nitrogens with zero attached hydrogens (tertiary/aromatic N) is 1. The molecule has 0 spiro atoms. The predicted molar refractivity (Wildman–Crippen MR) is 85.8 cm³/mol. The van der Waals surface area contributed by atoms with Crippen molar-refractivity contribution >= 4 is 53.7 Å². The van der Waals surface area contributed by atoms with Crippen LogP contribution >= 0.6 is 31.9 Å². The second kappa shape index (κ2) is 7.43. The molecule has 0 aliphatic rings. The van der Waals surface area contributed by atoms with Crippen LogP contribution in [0.25, 0.3) is 0 Å². The lowest BCUT2D eigenvalue weighted by Gasteiger charge is -2.18. The normalized spacial score (nSPS) is 11.5. The number of hydrogen-bond donors (Lipinski definition) is 2. The SMILES string of the molecule is COc1cc(NS(=O)(=O)N(C)CCC(=O)O)c(Br)cc1Br. The van der Waals surface area contributed by atoms with E-state index in [0.717, 1.165) is 4.31 Å². The zero-order chi connectivity index (χ0) is 16.2. The zero-order valence-electron chi connectivity index (χ0n) is 11.3. The molecule has 21 heavy (non-hydrogen) atoms. The summed E-state index contributed by atoms with van der Waals surface area (Å²) in [6.45, 7) is -0.129. The summed E-state index contributed by atoms with van der Waals surface area (Å²) >= 11 is 6.53. The quantitative estimate of drug-likeness (QED) is 0.671. The van der Waals surface area contributed by atoms with E-state index in [1.807, 2.05) is 0 Å². The summed E-state index contributed by atoms with van der Waals surface area (Å²) in [5.74, 6) is -0.604. The van der Waals surface area contributed by atoms with Crippen LogP contribution in [0.2, 0.25) is 0 Å². The molecule has 2 N–H and O–H groups in total. The van der Waals surface area contributed by atoms with Gasteiger partial charge in [-0.05, 0) is 37.9 Å². The molecule has 1 aromatic rings. The van der Waals surface area contributed by atoms with Gasteiger partial charge in [0.15, 0.2) is 0 Å². The molecule has 0 aliphatic heterocycles. The highest BCUT2D eigenvalue weighted by molar-refractivity contribution is 9.11. The van der Waals surface area contributed by atoms with E-state index < -0.39 is 16.2 Å². The number of methoxy groups -OCH3 is 1. The van der Waals surface area contributed by atoms with Crippen LogP contribution in [0.4, 0.5) is 5.69 Å². The first-order chi connectivity index (χ1) is 9.67. The first kappa shape index (κ1) is 18.2. The summed E-state index contributed by atoms with van der Waals surface area (Å²) in [7, 11) is -1.09. The van der Waals surface area contributed by atoms with Crippen molar-refractivity contribution < 1.29 is 23.1 Å². The van der Waals surface area contributed by atoms with Crippen molar-refractivity contribution in [1.82, 2.24) is 4.31 Å². The van der Waals surface area contributed by atoms with Gasteiger partial charge in [-0.1, -0.05) is 0 Å². The van der Waals surface area contributed by atoms with Gasteiger partial charge in [0, 0.05) is 24.1 Å². The number of rotatable bonds is 7. The highest BCUT2D eigenvalue weighted by atomic mass is 79.9. The fourth-order valence-electron chi connectivity index (χ4n) is 1.35. The van der Waals surface area contributed by atoms with E-state index in [-0.39, 0.29) is 18.7 Å². The lowest BCUT2D eigenvalue weighted by atomic mass is 10.3. The Bertz CT molecular complexity index is 636. The molecule has 0 saturated carbocycles. The van der Waals surface area contributed by atoms with Crippen LogP contribution in [-0.2, 0) is 15.0 Å². The van der Waals surface area contributed by atoms with E-state index in [0.29, 0.717) is 14.7 Å². The largest absolute Gasteiger partial charge is 0.495 e. The van der Waals surface area contributed by atoms with Gasteiger partial charge in [0.1, 0.15) is 5.75 Å². The van der Waals surface area contributed by atoms with Gasteiger partial charge in [0.25, 0.3) is 0 Å². The molecular formula is C11H14Br2N2O5S. The Balaban J connectivity index is 2.96. The summed E-state index contributed by atoms with van der Waals surface area (Å²) in [6, 6.07) is 3.16. The van der Waals surface area contributed by atoms with Crippen molar-refractivity contribution in [3.05, 3.63) is 21.1 Å².